The van der Waals surface area contributed by atoms with Crippen molar-refractivity contribution in [3.8, 4) is 5.69 Å². The molecule has 0 radical (unpaired) electrons. The van der Waals surface area contributed by atoms with Crippen LogP contribution in [-0.2, 0) is 17.6 Å². The minimum Gasteiger partial charge on any atom is -0.354 e. The average Bonchev–Trinajstić information content (AvgIpc) is 3.63. The first-order chi connectivity index (χ1) is 18.6. The van der Waals surface area contributed by atoms with Crippen molar-refractivity contribution in [1.82, 2.24) is 45.8 Å². The zero-order valence-corrected chi connectivity index (χ0v) is 21.0. The topological polar surface area (TPSA) is 143 Å². The summed E-state index contributed by atoms with van der Waals surface area (Å²) in [5, 5.41) is 17.7. The quantitative estimate of drug-likeness (QED) is 0.252. The highest BCUT2D eigenvalue weighted by molar-refractivity contribution is 6.30. The van der Waals surface area contributed by atoms with Crippen LogP contribution in [0.1, 0.15) is 27.9 Å². The molecule has 2 aromatic carbocycles. The van der Waals surface area contributed by atoms with Gasteiger partial charge in [0, 0.05) is 17.8 Å². The first-order valence-electron chi connectivity index (χ1n) is 12.0. The van der Waals surface area contributed by atoms with Crippen molar-refractivity contribution >= 4 is 34.6 Å². The summed E-state index contributed by atoms with van der Waals surface area (Å²) < 4.78 is 1.54. The molecular weight excluding hydrogens is 506 g/mol. The molecule has 0 saturated heterocycles. The van der Waals surface area contributed by atoms with Crippen LogP contribution in [0, 0.1) is 0 Å². The van der Waals surface area contributed by atoms with E-state index in [1.165, 1.54) is 18.9 Å². The van der Waals surface area contributed by atoms with Gasteiger partial charge in [0.1, 0.15) is 12.4 Å². The fourth-order valence-corrected chi connectivity index (χ4v) is 4.31. The van der Waals surface area contributed by atoms with E-state index in [-0.39, 0.29) is 5.91 Å². The number of amides is 2. The third kappa shape index (κ3) is 6.01. The Morgan fingerprint density at radius 2 is 1.92 bits per heavy atom. The van der Waals surface area contributed by atoms with Crippen LogP contribution in [0.4, 0.5) is 0 Å². The number of carbonyl (C=O) groups excluding carboxylic acids is 2. The summed E-state index contributed by atoms with van der Waals surface area (Å²) >= 11 is 6.21. The number of nitrogens with one attached hydrogen (secondary N) is 3. The van der Waals surface area contributed by atoms with Crippen molar-refractivity contribution in [1.29, 1.82) is 0 Å². The van der Waals surface area contributed by atoms with Crippen molar-refractivity contribution < 1.29 is 9.59 Å². The standard InChI is InChI=1S/C26H24ClN9O2/c27-20-7-9-23(36-16-32-34-35-36)18(12-20)10-11-28-26(38)21(8-6-17-4-2-1-3-5-17)33-25(37)19-13-22-24(29-14-19)31-15-30-22/h1-5,7,9,12-16,21H,6,8,10-11H2,(H,28,38)(H,33,37)(H,29,30,31)/t21-/m0/s1. The fourth-order valence-electron chi connectivity index (χ4n) is 4.11. The second-order valence-corrected chi connectivity index (χ2v) is 9.05. The molecule has 38 heavy (non-hydrogen) atoms. The number of aromatic nitrogens is 7. The number of hydrogen-bond donors (Lipinski definition) is 3. The Labute approximate surface area is 222 Å². The number of fused-ring (bicyclic) bond motifs is 1. The number of hydrogen-bond acceptors (Lipinski definition) is 7. The molecular formula is C26H24ClN9O2. The van der Waals surface area contributed by atoms with Crippen molar-refractivity contribution in [3.05, 3.63) is 95.2 Å². The lowest BCUT2D eigenvalue weighted by Gasteiger charge is -2.19. The lowest BCUT2D eigenvalue weighted by molar-refractivity contribution is -0.123. The first kappa shape index (κ1) is 25.0. The average molecular weight is 530 g/mol. The van der Waals surface area contributed by atoms with Crippen LogP contribution < -0.4 is 10.6 Å². The van der Waals surface area contributed by atoms with E-state index in [4.69, 9.17) is 11.6 Å². The van der Waals surface area contributed by atoms with Gasteiger partial charge in [0.05, 0.1) is 23.1 Å². The first-order valence-corrected chi connectivity index (χ1v) is 12.4. The summed E-state index contributed by atoms with van der Waals surface area (Å²) in [5.41, 5.74) is 4.21. The number of tetrazole rings is 1. The number of imidazole rings is 1. The molecule has 0 saturated carbocycles. The molecule has 11 nitrogen and oxygen atoms in total. The van der Waals surface area contributed by atoms with Crippen LogP contribution in [0.5, 0.6) is 0 Å². The van der Waals surface area contributed by atoms with Crippen LogP contribution in [0.25, 0.3) is 16.9 Å². The molecule has 0 fully saturated rings. The number of benzene rings is 2. The molecule has 3 N–H and O–H groups in total. The Morgan fingerprint density at radius 1 is 1.05 bits per heavy atom. The van der Waals surface area contributed by atoms with Gasteiger partial charge in [0.15, 0.2) is 5.65 Å². The minimum atomic E-state index is -0.751. The van der Waals surface area contributed by atoms with E-state index in [2.05, 4.69) is 41.1 Å². The van der Waals surface area contributed by atoms with Crippen LogP contribution in [0.2, 0.25) is 5.02 Å². The molecule has 3 heterocycles. The maximum Gasteiger partial charge on any atom is 0.253 e. The van der Waals surface area contributed by atoms with Crippen molar-refractivity contribution in [2.24, 2.45) is 0 Å². The van der Waals surface area contributed by atoms with Crippen molar-refractivity contribution in [2.75, 3.05) is 6.54 Å². The van der Waals surface area contributed by atoms with E-state index in [9.17, 15) is 9.59 Å². The largest absolute Gasteiger partial charge is 0.354 e. The second-order valence-electron chi connectivity index (χ2n) is 8.62. The number of aromatic amines is 1. The van der Waals surface area contributed by atoms with Gasteiger partial charge in [-0.1, -0.05) is 41.9 Å². The van der Waals surface area contributed by atoms with Gasteiger partial charge in [-0.05, 0) is 65.1 Å². The molecule has 3 aromatic heterocycles. The highest BCUT2D eigenvalue weighted by atomic mass is 35.5. The highest BCUT2D eigenvalue weighted by Gasteiger charge is 2.22. The number of nitrogens with zero attached hydrogens (tertiary/aromatic N) is 6. The van der Waals surface area contributed by atoms with E-state index >= 15 is 0 Å². The fraction of sp³-hybridized carbons (Fsp3) is 0.192. The smallest absolute Gasteiger partial charge is 0.253 e. The van der Waals surface area contributed by atoms with E-state index in [1.54, 1.807) is 16.8 Å². The highest BCUT2D eigenvalue weighted by Crippen LogP contribution is 2.19. The molecule has 0 bridgehead atoms. The van der Waals surface area contributed by atoms with E-state index in [0.717, 1.165) is 16.8 Å². The number of rotatable bonds is 10. The van der Waals surface area contributed by atoms with Crippen LogP contribution >= 0.6 is 11.6 Å². The van der Waals surface area contributed by atoms with Crippen LogP contribution in [0.15, 0.2) is 73.4 Å². The van der Waals surface area contributed by atoms with Gasteiger partial charge in [0.25, 0.3) is 5.91 Å². The minimum absolute atomic E-state index is 0.282. The number of carbonyl (C=O) groups is 2. The van der Waals surface area contributed by atoms with Gasteiger partial charge in [-0.3, -0.25) is 9.59 Å². The molecule has 2 amide bonds. The molecule has 12 heteroatoms. The van der Waals surface area contributed by atoms with Crippen molar-refractivity contribution in [2.45, 2.75) is 25.3 Å². The zero-order chi connectivity index (χ0) is 26.3. The molecule has 0 aliphatic carbocycles. The zero-order valence-electron chi connectivity index (χ0n) is 20.2. The Bertz CT molecular complexity index is 1540. The molecule has 0 spiro atoms. The predicted octanol–water partition coefficient (Wildman–Crippen LogP) is 2.68. The molecule has 0 unspecified atom stereocenters. The van der Waals surface area contributed by atoms with Gasteiger partial charge >= 0.3 is 0 Å². The molecule has 5 aromatic rings. The number of aryl methyl sites for hydroxylation is 1. The molecule has 0 aliphatic heterocycles. The SMILES string of the molecule is O=C(N[C@@H](CCc1ccccc1)C(=O)NCCc1cc(Cl)ccc1-n1cnnn1)c1cnc2nc[nH]c2c1. The molecule has 192 valence electrons. The maximum absolute atomic E-state index is 13.3. The molecule has 5 rings (SSSR count). The number of halogens is 1. The number of H-pyrrole nitrogens is 1. The van der Waals surface area contributed by atoms with Gasteiger partial charge in [-0.25, -0.2) is 14.6 Å². The summed E-state index contributed by atoms with van der Waals surface area (Å²) in [4.78, 5) is 37.5. The Hall–Kier alpha value is -4.64. The van der Waals surface area contributed by atoms with Gasteiger partial charge in [-0.2, -0.15) is 0 Å². The summed E-state index contributed by atoms with van der Waals surface area (Å²) in [6, 6.07) is 16.1. The second kappa shape index (κ2) is 11.6. The predicted molar refractivity (Wildman–Crippen MR) is 141 cm³/mol. The van der Waals surface area contributed by atoms with Gasteiger partial charge in [0.2, 0.25) is 5.91 Å². The molecule has 1 atom stereocenters. The molecule has 0 aliphatic rings. The summed E-state index contributed by atoms with van der Waals surface area (Å²) in [7, 11) is 0. The Kier molecular flexibility index (Phi) is 7.65. The van der Waals surface area contributed by atoms with E-state index in [0.29, 0.717) is 47.6 Å². The lowest BCUT2D eigenvalue weighted by Crippen LogP contribution is -2.47. The van der Waals surface area contributed by atoms with E-state index in [1.807, 2.05) is 42.5 Å². The van der Waals surface area contributed by atoms with E-state index < -0.39 is 11.9 Å². The third-order valence-electron chi connectivity index (χ3n) is 6.05. The normalized spacial score (nSPS) is 11.8. The Morgan fingerprint density at radius 3 is 2.74 bits per heavy atom. The number of pyridine rings is 1. The summed E-state index contributed by atoms with van der Waals surface area (Å²) in [5.74, 6) is -0.672. The van der Waals surface area contributed by atoms with Crippen LogP contribution in [-0.4, -0.2) is 59.6 Å². The Balaban J connectivity index is 1.27. The van der Waals surface area contributed by atoms with Gasteiger partial charge < -0.3 is 15.6 Å². The summed E-state index contributed by atoms with van der Waals surface area (Å²) in [6.07, 6.45) is 5.99. The lowest BCUT2D eigenvalue weighted by atomic mass is 10.0. The monoisotopic (exact) mass is 529 g/mol. The summed E-state index contributed by atoms with van der Waals surface area (Å²) in [6.45, 7) is 0.327. The van der Waals surface area contributed by atoms with Gasteiger partial charge in [-0.15, -0.1) is 5.10 Å². The third-order valence-corrected chi connectivity index (χ3v) is 6.29. The maximum atomic E-state index is 13.3. The van der Waals surface area contributed by atoms with Crippen molar-refractivity contribution in [3.63, 3.8) is 0 Å². The van der Waals surface area contributed by atoms with Crippen LogP contribution in [0.3, 0.4) is 0 Å².